The van der Waals surface area contributed by atoms with Crippen molar-refractivity contribution in [2.45, 2.75) is 26.6 Å². The Morgan fingerprint density at radius 2 is 2.26 bits per heavy atom. The van der Waals surface area contributed by atoms with E-state index in [1.165, 1.54) is 0 Å². The Kier molecular flexibility index (Phi) is 5.05. The Labute approximate surface area is 112 Å². The minimum Gasteiger partial charge on any atom is -0.383 e. The number of nitrogens with zero attached hydrogens (tertiary/aromatic N) is 5. The standard InChI is InChI=1S/C12H20N6O/c1-3-18-12(14-10-16-18)9-17-8-11(7-15-17)6-13-4-5-19-2/h7-8,10,13H,3-6,9H2,1-2H3. The van der Waals surface area contributed by atoms with Crippen LogP contribution in [-0.2, 0) is 24.4 Å². The molecule has 0 aliphatic carbocycles. The van der Waals surface area contributed by atoms with Gasteiger partial charge in [-0.25, -0.2) is 9.67 Å². The first-order valence-electron chi connectivity index (χ1n) is 6.41. The Bertz CT molecular complexity index is 492. The lowest BCUT2D eigenvalue weighted by atomic mass is 10.3. The van der Waals surface area contributed by atoms with Gasteiger partial charge in [0, 0.05) is 38.5 Å². The summed E-state index contributed by atoms with van der Waals surface area (Å²) in [7, 11) is 1.70. The number of hydrogen-bond acceptors (Lipinski definition) is 5. The molecule has 0 aromatic carbocycles. The maximum atomic E-state index is 4.98. The van der Waals surface area contributed by atoms with Crippen LogP contribution in [0.25, 0.3) is 0 Å². The van der Waals surface area contributed by atoms with Crippen LogP contribution in [0.5, 0.6) is 0 Å². The van der Waals surface area contributed by atoms with Crippen molar-refractivity contribution in [3.8, 4) is 0 Å². The fourth-order valence-corrected chi connectivity index (χ4v) is 1.81. The lowest BCUT2D eigenvalue weighted by molar-refractivity contribution is 0.199. The van der Waals surface area contributed by atoms with Gasteiger partial charge in [0.1, 0.15) is 18.7 Å². The predicted octanol–water partition coefficient (Wildman–Crippen LogP) is 0.279. The second-order valence-corrected chi connectivity index (χ2v) is 4.21. The van der Waals surface area contributed by atoms with Crippen LogP contribution in [0.2, 0.25) is 0 Å². The summed E-state index contributed by atoms with van der Waals surface area (Å²) in [4.78, 5) is 4.24. The summed E-state index contributed by atoms with van der Waals surface area (Å²) in [5.74, 6) is 0.921. The zero-order valence-electron chi connectivity index (χ0n) is 11.4. The van der Waals surface area contributed by atoms with Gasteiger partial charge in [0.15, 0.2) is 0 Å². The van der Waals surface area contributed by atoms with Crippen LogP contribution in [0.3, 0.4) is 0 Å². The van der Waals surface area contributed by atoms with E-state index in [-0.39, 0.29) is 0 Å². The fraction of sp³-hybridized carbons (Fsp3) is 0.583. The molecule has 2 aromatic heterocycles. The third-order valence-electron chi connectivity index (χ3n) is 2.80. The SMILES string of the molecule is CCn1ncnc1Cn1cc(CNCCOC)cn1. The highest BCUT2D eigenvalue weighted by Crippen LogP contribution is 2.01. The molecule has 0 amide bonds. The Morgan fingerprint density at radius 3 is 3.05 bits per heavy atom. The Balaban J connectivity index is 1.87. The van der Waals surface area contributed by atoms with Gasteiger partial charge in [-0.1, -0.05) is 0 Å². The number of hydrogen-bond donors (Lipinski definition) is 1. The Hall–Kier alpha value is -1.73. The van der Waals surface area contributed by atoms with Crippen molar-refractivity contribution >= 4 is 0 Å². The van der Waals surface area contributed by atoms with E-state index in [1.807, 2.05) is 28.7 Å². The summed E-state index contributed by atoms with van der Waals surface area (Å²) in [6.45, 7) is 5.86. The average molecular weight is 264 g/mol. The van der Waals surface area contributed by atoms with Crippen molar-refractivity contribution in [3.63, 3.8) is 0 Å². The van der Waals surface area contributed by atoms with E-state index in [0.29, 0.717) is 13.2 Å². The van der Waals surface area contributed by atoms with Crippen LogP contribution in [0.1, 0.15) is 18.3 Å². The summed E-state index contributed by atoms with van der Waals surface area (Å²) in [5, 5.41) is 11.8. The smallest absolute Gasteiger partial charge is 0.148 e. The number of ether oxygens (including phenoxy) is 1. The molecule has 2 rings (SSSR count). The van der Waals surface area contributed by atoms with Crippen molar-refractivity contribution in [1.82, 2.24) is 29.9 Å². The zero-order chi connectivity index (χ0) is 13.5. The maximum absolute atomic E-state index is 4.98. The third kappa shape index (κ3) is 3.87. The van der Waals surface area contributed by atoms with E-state index >= 15 is 0 Å². The molecule has 0 fully saturated rings. The first-order chi connectivity index (χ1) is 9.33. The number of methoxy groups -OCH3 is 1. The van der Waals surface area contributed by atoms with Crippen molar-refractivity contribution in [3.05, 3.63) is 30.1 Å². The van der Waals surface area contributed by atoms with E-state index in [4.69, 9.17) is 4.74 Å². The monoisotopic (exact) mass is 264 g/mol. The maximum Gasteiger partial charge on any atom is 0.148 e. The molecule has 0 aliphatic heterocycles. The lowest BCUT2D eigenvalue weighted by Crippen LogP contribution is -2.18. The lowest BCUT2D eigenvalue weighted by Gasteiger charge is -2.03. The summed E-state index contributed by atoms with van der Waals surface area (Å²) >= 11 is 0. The second kappa shape index (κ2) is 7.01. The molecule has 7 heteroatoms. The topological polar surface area (TPSA) is 69.8 Å². The molecule has 19 heavy (non-hydrogen) atoms. The number of nitrogens with one attached hydrogen (secondary N) is 1. The van der Waals surface area contributed by atoms with Crippen molar-refractivity contribution in [2.75, 3.05) is 20.3 Å². The molecule has 104 valence electrons. The summed E-state index contributed by atoms with van der Waals surface area (Å²) in [5.41, 5.74) is 1.15. The van der Waals surface area contributed by atoms with Crippen LogP contribution < -0.4 is 5.32 Å². The van der Waals surface area contributed by atoms with Crippen LogP contribution in [-0.4, -0.2) is 44.8 Å². The van der Waals surface area contributed by atoms with Gasteiger partial charge in [-0.3, -0.25) is 4.68 Å². The average Bonchev–Trinajstić information content (AvgIpc) is 3.04. The van der Waals surface area contributed by atoms with Crippen LogP contribution >= 0.6 is 0 Å². The molecule has 0 atom stereocenters. The Morgan fingerprint density at radius 1 is 1.37 bits per heavy atom. The van der Waals surface area contributed by atoms with Gasteiger partial charge in [-0.2, -0.15) is 10.2 Å². The highest BCUT2D eigenvalue weighted by molar-refractivity contribution is 5.04. The molecule has 0 saturated carbocycles. The molecular weight excluding hydrogens is 244 g/mol. The molecule has 0 spiro atoms. The number of aryl methyl sites for hydroxylation is 1. The molecule has 0 saturated heterocycles. The van der Waals surface area contributed by atoms with Gasteiger partial charge in [-0.15, -0.1) is 0 Å². The van der Waals surface area contributed by atoms with Gasteiger partial charge in [-0.05, 0) is 6.92 Å². The summed E-state index contributed by atoms with van der Waals surface area (Å²) < 4.78 is 8.73. The van der Waals surface area contributed by atoms with Crippen molar-refractivity contribution < 1.29 is 4.74 Å². The van der Waals surface area contributed by atoms with Gasteiger partial charge in [0.25, 0.3) is 0 Å². The van der Waals surface area contributed by atoms with Crippen LogP contribution in [0, 0.1) is 0 Å². The predicted molar refractivity (Wildman–Crippen MR) is 70.6 cm³/mol. The van der Waals surface area contributed by atoms with Gasteiger partial charge >= 0.3 is 0 Å². The third-order valence-corrected chi connectivity index (χ3v) is 2.80. The van der Waals surface area contributed by atoms with Crippen LogP contribution in [0.15, 0.2) is 18.7 Å². The normalized spacial score (nSPS) is 11.1. The molecule has 2 aromatic rings. The highest BCUT2D eigenvalue weighted by atomic mass is 16.5. The second-order valence-electron chi connectivity index (χ2n) is 4.21. The van der Waals surface area contributed by atoms with Crippen LogP contribution in [0.4, 0.5) is 0 Å². The zero-order valence-corrected chi connectivity index (χ0v) is 11.4. The van der Waals surface area contributed by atoms with Crippen molar-refractivity contribution in [2.24, 2.45) is 0 Å². The summed E-state index contributed by atoms with van der Waals surface area (Å²) in [6, 6.07) is 0. The molecular formula is C12H20N6O. The molecule has 0 bridgehead atoms. The van der Waals surface area contributed by atoms with E-state index in [2.05, 4.69) is 20.5 Å². The van der Waals surface area contributed by atoms with Crippen molar-refractivity contribution in [1.29, 1.82) is 0 Å². The molecule has 1 N–H and O–H groups in total. The minimum absolute atomic E-state index is 0.645. The number of rotatable bonds is 8. The van der Waals surface area contributed by atoms with Gasteiger partial charge < -0.3 is 10.1 Å². The van der Waals surface area contributed by atoms with E-state index in [1.54, 1.807) is 13.4 Å². The molecule has 2 heterocycles. The fourth-order valence-electron chi connectivity index (χ4n) is 1.81. The summed E-state index contributed by atoms with van der Waals surface area (Å²) in [6.07, 6.45) is 5.47. The minimum atomic E-state index is 0.645. The van der Waals surface area contributed by atoms with Gasteiger partial charge in [0.2, 0.25) is 0 Å². The molecule has 0 unspecified atom stereocenters. The van der Waals surface area contributed by atoms with E-state index < -0.39 is 0 Å². The highest BCUT2D eigenvalue weighted by Gasteiger charge is 2.05. The quantitative estimate of drug-likeness (QED) is 0.693. The molecule has 0 radical (unpaired) electrons. The van der Waals surface area contributed by atoms with E-state index in [0.717, 1.165) is 31.0 Å². The first-order valence-corrected chi connectivity index (χ1v) is 6.41. The van der Waals surface area contributed by atoms with Gasteiger partial charge in [0.05, 0.1) is 12.8 Å². The molecule has 7 nitrogen and oxygen atoms in total. The first kappa shape index (κ1) is 13.7. The van der Waals surface area contributed by atoms with E-state index in [9.17, 15) is 0 Å². The largest absolute Gasteiger partial charge is 0.383 e. The molecule has 0 aliphatic rings. The number of aromatic nitrogens is 5.